The molecule has 2 aliphatic rings. The van der Waals surface area contributed by atoms with E-state index < -0.39 is 92.0 Å². The predicted molar refractivity (Wildman–Crippen MR) is 154 cm³/mol. The summed E-state index contributed by atoms with van der Waals surface area (Å²) in [7, 11) is 0. The maximum absolute atomic E-state index is 13.2. The Bertz CT molecular complexity index is 1210. The molecule has 0 spiro atoms. The lowest BCUT2D eigenvalue weighted by Crippen LogP contribution is -2.66. The number of aliphatic hydroxyl groups excluding tert-OH is 7. The van der Waals surface area contributed by atoms with Crippen molar-refractivity contribution in [3.63, 3.8) is 0 Å². The Morgan fingerprint density at radius 2 is 1.24 bits per heavy atom. The third-order valence-electron chi connectivity index (χ3n) is 7.51. The van der Waals surface area contributed by atoms with Crippen molar-refractivity contribution in [2.24, 2.45) is 0 Å². The van der Waals surface area contributed by atoms with Gasteiger partial charge >= 0.3 is 0 Å². The van der Waals surface area contributed by atoms with Gasteiger partial charge in [-0.2, -0.15) is 0 Å². The molecular formula is C30H39N3O12. The average Bonchev–Trinajstić information content (AvgIpc) is 3.06. The van der Waals surface area contributed by atoms with Crippen LogP contribution in [0.4, 0.5) is 0 Å². The van der Waals surface area contributed by atoms with E-state index in [0.29, 0.717) is 0 Å². The molecule has 45 heavy (non-hydrogen) atoms. The van der Waals surface area contributed by atoms with Gasteiger partial charge in [-0.1, -0.05) is 60.7 Å². The van der Waals surface area contributed by atoms with E-state index in [-0.39, 0.29) is 13.1 Å². The second-order valence-corrected chi connectivity index (χ2v) is 10.6. The molecule has 0 aliphatic carbocycles. The molecule has 0 radical (unpaired) electrons. The number of amides is 2. The van der Waals surface area contributed by atoms with Crippen LogP contribution in [0.5, 0.6) is 0 Å². The summed E-state index contributed by atoms with van der Waals surface area (Å²) in [5.74, 6) is -1.53. The lowest BCUT2D eigenvalue weighted by molar-refractivity contribution is -0.345. The van der Waals surface area contributed by atoms with Crippen molar-refractivity contribution in [2.45, 2.75) is 74.4 Å². The van der Waals surface area contributed by atoms with Gasteiger partial charge in [-0.25, -0.2) is 0 Å². The summed E-state index contributed by atoms with van der Waals surface area (Å²) in [6.07, 6.45) is -13.6. The van der Waals surface area contributed by atoms with Crippen LogP contribution in [0.25, 0.3) is 0 Å². The highest BCUT2D eigenvalue weighted by atomic mass is 16.7. The van der Waals surface area contributed by atoms with Crippen LogP contribution >= 0.6 is 0 Å². The second kappa shape index (κ2) is 16.2. The Morgan fingerprint density at radius 3 is 1.76 bits per heavy atom. The van der Waals surface area contributed by atoms with E-state index in [2.05, 4.69) is 16.0 Å². The van der Waals surface area contributed by atoms with Gasteiger partial charge in [0.25, 0.3) is 11.8 Å². The Labute approximate surface area is 258 Å². The van der Waals surface area contributed by atoms with Gasteiger partial charge in [0, 0.05) is 19.3 Å². The molecule has 4 rings (SSSR count). The smallest absolute Gasteiger partial charge is 0.258 e. The summed E-state index contributed by atoms with van der Waals surface area (Å²) in [5, 5.41) is 79.6. The minimum atomic E-state index is -1.82. The average molecular weight is 634 g/mol. The van der Waals surface area contributed by atoms with Crippen molar-refractivity contribution in [1.82, 2.24) is 16.0 Å². The highest BCUT2D eigenvalue weighted by Gasteiger charge is 2.50. The van der Waals surface area contributed by atoms with E-state index >= 15 is 0 Å². The van der Waals surface area contributed by atoms with Gasteiger partial charge < -0.3 is 65.9 Å². The summed E-state index contributed by atoms with van der Waals surface area (Å²) in [5.41, 5.74) is 1.16. The summed E-state index contributed by atoms with van der Waals surface area (Å²) in [6.45, 7) is -1.27. The molecule has 0 saturated carbocycles. The van der Waals surface area contributed by atoms with Gasteiger partial charge in [0.15, 0.2) is 12.6 Å². The summed E-state index contributed by atoms with van der Waals surface area (Å²) in [6, 6.07) is 16.5. The molecule has 246 valence electrons. The number of benzene rings is 2. The molecule has 2 aromatic rings. The van der Waals surface area contributed by atoms with Crippen molar-refractivity contribution in [1.29, 1.82) is 0 Å². The molecule has 2 aromatic carbocycles. The molecule has 10 atom stereocenters. The Hall–Kier alpha value is -3.48. The normalized spacial score (nSPS) is 31.4. The van der Waals surface area contributed by atoms with Crippen LogP contribution in [-0.2, 0) is 36.9 Å². The quantitative estimate of drug-likeness (QED) is 0.0628. The minimum Gasteiger partial charge on any atom is -0.394 e. The van der Waals surface area contributed by atoms with Gasteiger partial charge in [0.1, 0.15) is 54.3 Å². The zero-order valence-corrected chi connectivity index (χ0v) is 24.1. The van der Waals surface area contributed by atoms with Crippen molar-refractivity contribution in [2.75, 3.05) is 13.2 Å². The van der Waals surface area contributed by atoms with Gasteiger partial charge in [-0.05, 0) is 11.1 Å². The molecule has 2 heterocycles. The first kappa shape index (κ1) is 34.4. The number of carbonyl (C=O) groups is 2. The first-order valence-electron chi connectivity index (χ1n) is 14.3. The van der Waals surface area contributed by atoms with E-state index in [0.717, 1.165) is 17.3 Å². The van der Waals surface area contributed by atoms with Crippen LogP contribution in [0, 0.1) is 0 Å². The highest BCUT2D eigenvalue weighted by Crippen LogP contribution is 2.28. The molecular weight excluding hydrogens is 594 g/mol. The first-order valence-corrected chi connectivity index (χ1v) is 14.3. The van der Waals surface area contributed by atoms with Crippen LogP contribution in [0.3, 0.4) is 0 Å². The minimum absolute atomic E-state index is 0.105. The van der Waals surface area contributed by atoms with Gasteiger partial charge in [0.2, 0.25) is 0 Å². The van der Waals surface area contributed by atoms with Gasteiger partial charge in [-0.15, -0.1) is 0 Å². The molecule has 2 aliphatic heterocycles. The van der Waals surface area contributed by atoms with Crippen LogP contribution in [-0.4, -0.2) is 122 Å². The third kappa shape index (κ3) is 8.62. The summed E-state index contributed by atoms with van der Waals surface area (Å²) >= 11 is 0. The number of aliphatic hydroxyl groups is 7. The SMILES string of the molecule is O=C(NCc1ccccc1)C(=CN[C@H]1C(O)O[C@H](CO)[C@@H](O[C@@H]2O[C@H](CO)[C@H](O)[C@H](O)[C@H]2O)[C@@H]1O)C(=O)NCc1ccccc1. The Morgan fingerprint density at radius 1 is 0.711 bits per heavy atom. The van der Waals surface area contributed by atoms with E-state index in [1.54, 1.807) is 48.5 Å². The standard InChI is InChI=1S/C30H39N3O12/c34-14-19-22(36)24(38)25(39)30(44-19)45-26-20(15-35)43-29(42)21(23(26)37)31-13-18(27(40)32-11-16-7-3-1-4-8-16)28(41)33-12-17-9-5-2-6-10-17/h1-10,13,19-26,29-31,34-39,42H,11-12,14-15H2,(H,32,40)(H,33,41)/t19-,20-,21-,22+,23-,24+,25-,26-,29?,30+/m1/s1. The van der Waals surface area contributed by atoms with Crippen molar-refractivity contribution in [3.8, 4) is 0 Å². The summed E-state index contributed by atoms with van der Waals surface area (Å²) < 4.78 is 16.4. The molecule has 2 fully saturated rings. The van der Waals surface area contributed by atoms with Crippen LogP contribution in [0.1, 0.15) is 11.1 Å². The number of hydrogen-bond acceptors (Lipinski definition) is 13. The Balaban J connectivity index is 1.51. The molecule has 15 nitrogen and oxygen atoms in total. The molecule has 0 aromatic heterocycles. The van der Waals surface area contributed by atoms with Crippen molar-refractivity contribution >= 4 is 11.8 Å². The number of hydrogen-bond donors (Lipinski definition) is 10. The molecule has 15 heteroatoms. The van der Waals surface area contributed by atoms with Crippen LogP contribution in [0.2, 0.25) is 0 Å². The molecule has 2 amide bonds. The molecule has 2 saturated heterocycles. The van der Waals surface area contributed by atoms with Crippen molar-refractivity contribution in [3.05, 3.63) is 83.6 Å². The van der Waals surface area contributed by atoms with Crippen LogP contribution in [0.15, 0.2) is 72.4 Å². The van der Waals surface area contributed by atoms with Crippen molar-refractivity contribution < 1.29 is 59.5 Å². The topological polar surface area (TPSA) is 240 Å². The van der Waals surface area contributed by atoms with E-state index in [1.165, 1.54) is 0 Å². The Kier molecular flexibility index (Phi) is 12.4. The monoisotopic (exact) mass is 633 g/mol. The predicted octanol–water partition coefficient (Wildman–Crippen LogP) is -3.28. The second-order valence-electron chi connectivity index (χ2n) is 10.6. The number of rotatable bonds is 12. The number of nitrogens with one attached hydrogen (secondary N) is 3. The maximum Gasteiger partial charge on any atom is 0.258 e. The maximum atomic E-state index is 13.2. The fraction of sp³-hybridized carbons (Fsp3) is 0.467. The van der Waals surface area contributed by atoms with E-state index in [1.807, 2.05) is 12.1 Å². The largest absolute Gasteiger partial charge is 0.394 e. The zero-order valence-electron chi connectivity index (χ0n) is 24.1. The fourth-order valence-corrected chi connectivity index (χ4v) is 4.93. The highest BCUT2D eigenvalue weighted by molar-refractivity contribution is 6.18. The number of carbonyl (C=O) groups excluding carboxylic acids is 2. The molecule has 1 unspecified atom stereocenters. The van der Waals surface area contributed by atoms with E-state index in [4.69, 9.17) is 14.2 Å². The van der Waals surface area contributed by atoms with E-state index in [9.17, 15) is 45.3 Å². The van der Waals surface area contributed by atoms with Crippen LogP contribution < -0.4 is 16.0 Å². The molecule has 10 N–H and O–H groups in total. The number of ether oxygens (including phenoxy) is 3. The van der Waals surface area contributed by atoms with Gasteiger partial charge in [0.05, 0.1) is 13.2 Å². The zero-order chi connectivity index (χ0) is 32.5. The fourth-order valence-electron chi connectivity index (χ4n) is 4.93. The van der Waals surface area contributed by atoms with Gasteiger partial charge in [-0.3, -0.25) is 9.59 Å². The summed E-state index contributed by atoms with van der Waals surface area (Å²) in [4.78, 5) is 26.4. The lowest BCUT2D eigenvalue weighted by Gasteiger charge is -2.46. The third-order valence-corrected chi connectivity index (χ3v) is 7.51. The lowest BCUT2D eigenvalue weighted by atomic mass is 9.95. The molecule has 0 bridgehead atoms. The first-order chi connectivity index (χ1) is 21.6.